The number of nitrogens with zero attached hydrogens (tertiary/aromatic N) is 4. The highest BCUT2D eigenvalue weighted by Crippen LogP contribution is 2.40. The normalized spacial score (nSPS) is 18.0. The zero-order valence-electron chi connectivity index (χ0n) is 12.2. The Morgan fingerprint density at radius 3 is 2.76 bits per heavy atom. The number of halogens is 1. The SMILES string of the molecule is Cc1nc2c(s1)CN(c1nc(C3CC3)nc(Cl)c1C)CC2. The van der Waals surface area contributed by atoms with Crippen molar-refractivity contribution < 1.29 is 0 Å². The van der Waals surface area contributed by atoms with E-state index in [0.717, 1.165) is 41.7 Å². The van der Waals surface area contributed by atoms with Crippen LogP contribution in [0.3, 0.4) is 0 Å². The van der Waals surface area contributed by atoms with Crippen molar-refractivity contribution in [1.29, 1.82) is 0 Å². The van der Waals surface area contributed by atoms with E-state index in [4.69, 9.17) is 16.6 Å². The Bertz CT molecular complexity index is 708. The quantitative estimate of drug-likeness (QED) is 0.792. The van der Waals surface area contributed by atoms with Gasteiger partial charge < -0.3 is 4.90 Å². The van der Waals surface area contributed by atoms with E-state index >= 15 is 0 Å². The van der Waals surface area contributed by atoms with Crippen molar-refractivity contribution in [3.05, 3.63) is 32.1 Å². The van der Waals surface area contributed by atoms with Crippen molar-refractivity contribution in [3.8, 4) is 0 Å². The van der Waals surface area contributed by atoms with Gasteiger partial charge in [0.15, 0.2) is 0 Å². The summed E-state index contributed by atoms with van der Waals surface area (Å²) in [6, 6.07) is 0. The molecule has 4 rings (SSSR count). The highest BCUT2D eigenvalue weighted by atomic mass is 35.5. The first-order valence-corrected chi connectivity index (χ1v) is 8.55. The van der Waals surface area contributed by atoms with Gasteiger partial charge >= 0.3 is 0 Å². The highest BCUT2D eigenvalue weighted by molar-refractivity contribution is 7.11. The molecule has 6 heteroatoms. The van der Waals surface area contributed by atoms with Crippen LogP contribution in [0.25, 0.3) is 0 Å². The first kappa shape index (κ1) is 13.5. The van der Waals surface area contributed by atoms with E-state index in [1.165, 1.54) is 23.4 Å². The Kier molecular flexibility index (Phi) is 3.15. The van der Waals surface area contributed by atoms with Crippen molar-refractivity contribution in [2.75, 3.05) is 11.4 Å². The number of thiazole rings is 1. The molecule has 0 amide bonds. The first-order chi connectivity index (χ1) is 10.1. The lowest BCUT2D eigenvalue weighted by Crippen LogP contribution is -2.31. The van der Waals surface area contributed by atoms with Crippen LogP contribution < -0.4 is 4.90 Å². The van der Waals surface area contributed by atoms with Crippen LogP contribution in [0.15, 0.2) is 0 Å². The molecule has 1 aliphatic heterocycles. The Morgan fingerprint density at radius 1 is 1.19 bits per heavy atom. The van der Waals surface area contributed by atoms with Gasteiger partial charge in [-0.15, -0.1) is 11.3 Å². The van der Waals surface area contributed by atoms with Crippen molar-refractivity contribution >= 4 is 28.8 Å². The summed E-state index contributed by atoms with van der Waals surface area (Å²) >= 11 is 8.12. The number of hydrogen-bond acceptors (Lipinski definition) is 5. The number of fused-ring (bicyclic) bond motifs is 1. The third-order valence-electron chi connectivity index (χ3n) is 4.16. The molecule has 4 nitrogen and oxygen atoms in total. The van der Waals surface area contributed by atoms with Gasteiger partial charge in [0.25, 0.3) is 0 Å². The lowest BCUT2D eigenvalue weighted by molar-refractivity contribution is 0.708. The summed E-state index contributed by atoms with van der Waals surface area (Å²) in [6.07, 6.45) is 3.37. The summed E-state index contributed by atoms with van der Waals surface area (Å²) in [5.41, 5.74) is 2.25. The van der Waals surface area contributed by atoms with Crippen LogP contribution >= 0.6 is 22.9 Å². The summed E-state index contributed by atoms with van der Waals surface area (Å²) in [7, 11) is 0. The molecule has 0 aromatic carbocycles. The van der Waals surface area contributed by atoms with Crippen LogP contribution in [0.4, 0.5) is 5.82 Å². The van der Waals surface area contributed by atoms with Gasteiger partial charge in [0.1, 0.15) is 16.8 Å². The zero-order chi connectivity index (χ0) is 14.6. The predicted molar refractivity (Wildman–Crippen MR) is 85.4 cm³/mol. The zero-order valence-corrected chi connectivity index (χ0v) is 13.8. The molecular formula is C15H17ClN4S. The Morgan fingerprint density at radius 2 is 2.00 bits per heavy atom. The fourth-order valence-corrected chi connectivity index (χ4v) is 4.00. The molecule has 0 N–H and O–H groups in total. The van der Waals surface area contributed by atoms with Gasteiger partial charge in [0.05, 0.1) is 17.2 Å². The smallest absolute Gasteiger partial charge is 0.137 e. The monoisotopic (exact) mass is 320 g/mol. The molecule has 1 fully saturated rings. The average Bonchev–Trinajstić information content (AvgIpc) is 3.23. The fraction of sp³-hybridized carbons (Fsp3) is 0.533. The molecule has 1 saturated carbocycles. The number of rotatable bonds is 2. The van der Waals surface area contributed by atoms with Crippen LogP contribution in [0.1, 0.15) is 45.7 Å². The second-order valence-electron chi connectivity index (χ2n) is 5.87. The molecule has 2 aromatic heterocycles. The van der Waals surface area contributed by atoms with Crippen molar-refractivity contribution in [1.82, 2.24) is 15.0 Å². The molecule has 110 valence electrons. The van der Waals surface area contributed by atoms with Crippen LogP contribution in [0.5, 0.6) is 0 Å². The van der Waals surface area contributed by atoms with E-state index in [1.807, 2.05) is 6.92 Å². The molecule has 0 bridgehead atoms. The Balaban J connectivity index is 1.70. The fourth-order valence-electron chi connectivity index (χ4n) is 2.83. The summed E-state index contributed by atoms with van der Waals surface area (Å²) < 4.78 is 0. The number of aromatic nitrogens is 3. The van der Waals surface area contributed by atoms with E-state index in [2.05, 4.69) is 21.8 Å². The van der Waals surface area contributed by atoms with Gasteiger partial charge in [-0.2, -0.15) is 0 Å². The molecule has 2 aromatic rings. The van der Waals surface area contributed by atoms with Gasteiger partial charge in [0, 0.05) is 29.3 Å². The average molecular weight is 321 g/mol. The van der Waals surface area contributed by atoms with E-state index in [0.29, 0.717) is 11.1 Å². The molecule has 0 saturated heterocycles. The van der Waals surface area contributed by atoms with E-state index < -0.39 is 0 Å². The van der Waals surface area contributed by atoms with Crippen LogP contribution in [-0.4, -0.2) is 21.5 Å². The summed E-state index contributed by atoms with van der Waals surface area (Å²) in [5, 5.41) is 1.76. The third kappa shape index (κ3) is 2.42. The van der Waals surface area contributed by atoms with Gasteiger partial charge in [-0.3, -0.25) is 0 Å². The molecule has 0 atom stereocenters. The summed E-state index contributed by atoms with van der Waals surface area (Å²) in [5.74, 6) is 2.45. The molecular weight excluding hydrogens is 304 g/mol. The molecule has 3 heterocycles. The van der Waals surface area contributed by atoms with Crippen LogP contribution in [-0.2, 0) is 13.0 Å². The standard InChI is InChI=1S/C15H17ClN4S/c1-8-13(16)18-14(10-3-4-10)19-15(8)20-6-5-11-12(7-20)21-9(2)17-11/h10H,3-7H2,1-2H3. The van der Waals surface area contributed by atoms with Crippen LogP contribution in [0.2, 0.25) is 5.15 Å². The molecule has 0 spiro atoms. The Labute approximate surface area is 133 Å². The van der Waals surface area contributed by atoms with Gasteiger partial charge in [-0.05, 0) is 26.7 Å². The lowest BCUT2D eigenvalue weighted by Gasteiger charge is -2.28. The lowest BCUT2D eigenvalue weighted by atomic mass is 10.1. The minimum Gasteiger partial charge on any atom is -0.351 e. The van der Waals surface area contributed by atoms with Gasteiger partial charge in [-0.25, -0.2) is 15.0 Å². The number of anilines is 1. The van der Waals surface area contributed by atoms with E-state index in [-0.39, 0.29) is 0 Å². The predicted octanol–water partition coefficient (Wildman–Crippen LogP) is 3.64. The van der Waals surface area contributed by atoms with Gasteiger partial charge in [0.2, 0.25) is 0 Å². The first-order valence-electron chi connectivity index (χ1n) is 7.36. The molecule has 1 aliphatic carbocycles. The van der Waals surface area contributed by atoms with Crippen molar-refractivity contribution in [2.45, 2.75) is 45.6 Å². The molecule has 2 aliphatic rings. The Hall–Kier alpha value is -1.20. The maximum atomic E-state index is 6.33. The van der Waals surface area contributed by atoms with Gasteiger partial charge in [-0.1, -0.05) is 11.6 Å². The second kappa shape index (κ2) is 4.92. The topological polar surface area (TPSA) is 41.9 Å². The maximum Gasteiger partial charge on any atom is 0.137 e. The third-order valence-corrected chi connectivity index (χ3v) is 5.52. The highest BCUT2D eigenvalue weighted by Gasteiger charge is 2.30. The van der Waals surface area contributed by atoms with E-state index in [9.17, 15) is 0 Å². The maximum absolute atomic E-state index is 6.33. The van der Waals surface area contributed by atoms with Crippen molar-refractivity contribution in [2.24, 2.45) is 0 Å². The largest absolute Gasteiger partial charge is 0.351 e. The minimum atomic E-state index is 0.521. The molecule has 0 radical (unpaired) electrons. The second-order valence-corrected chi connectivity index (χ2v) is 7.52. The molecule has 0 unspecified atom stereocenters. The molecule has 21 heavy (non-hydrogen) atoms. The van der Waals surface area contributed by atoms with Crippen molar-refractivity contribution in [3.63, 3.8) is 0 Å². The number of hydrogen-bond donors (Lipinski definition) is 0. The summed E-state index contributed by atoms with van der Waals surface area (Å²) in [6.45, 7) is 5.93. The van der Waals surface area contributed by atoms with E-state index in [1.54, 1.807) is 11.3 Å². The van der Waals surface area contributed by atoms with Crippen LogP contribution in [0, 0.1) is 13.8 Å². The minimum absolute atomic E-state index is 0.521. The summed E-state index contributed by atoms with van der Waals surface area (Å²) in [4.78, 5) is 17.6. The number of aryl methyl sites for hydroxylation is 1.